The fraction of sp³-hybridized carbons (Fsp3) is 0.394. The number of ether oxygens (including phenoxy) is 1. The predicted molar refractivity (Wildman–Crippen MR) is 154 cm³/mol. The van der Waals surface area contributed by atoms with E-state index >= 15 is 0 Å². The Labute approximate surface area is 231 Å². The predicted octanol–water partition coefficient (Wildman–Crippen LogP) is 4.83. The van der Waals surface area contributed by atoms with E-state index in [1.54, 1.807) is 0 Å². The fourth-order valence-electron chi connectivity index (χ4n) is 6.15. The van der Waals surface area contributed by atoms with Crippen LogP contribution in [-0.4, -0.2) is 37.0 Å². The number of quaternary nitrogens is 1. The molecular formula is C33H40N3O3+. The molecule has 0 saturated heterocycles. The van der Waals surface area contributed by atoms with Crippen molar-refractivity contribution in [1.29, 1.82) is 0 Å². The average molecular weight is 527 g/mol. The highest BCUT2D eigenvalue weighted by molar-refractivity contribution is 6.00. The number of hydrogen-bond acceptors (Lipinski definition) is 3. The minimum Gasteiger partial charge on any atom is -0.494 e. The topological polar surface area (TPSA) is 84.0 Å². The van der Waals surface area contributed by atoms with E-state index in [1.807, 2.05) is 66.7 Å². The van der Waals surface area contributed by atoms with E-state index in [2.05, 4.69) is 35.0 Å². The van der Waals surface area contributed by atoms with Crippen molar-refractivity contribution < 1.29 is 19.6 Å². The van der Waals surface area contributed by atoms with Crippen molar-refractivity contribution in [2.45, 2.75) is 51.0 Å². The lowest BCUT2D eigenvalue weighted by molar-refractivity contribution is -0.569. The second kappa shape index (κ2) is 12.5. The minimum absolute atomic E-state index is 0.0444. The van der Waals surface area contributed by atoms with Gasteiger partial charge in [0.15, 0.2) is 0 Å². The third-order valence-electron chi connectivity index (χ3n) is 8.30. The zero-order valence-electron chi connectivity index (χ0n) is 22.8. The molecular weight excluding hydrogens is 486 g/mol. The zero-order chi connectivity index (χ0) is 27.1. The van der Waals surface area contributed by atoms with Gasteiger partial charge in [0.1, 0.15) is 17.0 Å². The largest absolute Gasteiger partial charge is 0.494 e. The van der Waals surface area contributed by atoms with Gasteiger partial charge in [0, 0.05) is 17.7 Å². The summed E-state index contributed by atoms with van der Waals surface area (Å²) in [6.45, 7) is 4.15. The minimum atomic E-state index is -0.824. The van der Waals surface area contributed by atoms with Crippen molar-refractivity contribution in [3.63, 3.8) is 0 Å². The molecule has 3 aromatic carbocycles. The van der Waals surface area contributed by atoms with Crippen LogP contribution in [0.3, 0.4) is 0 Å². The summed E-state index contributed by atoms with van der Waals surface area (Å²) in [4.78, 5) is 26.9. The number of amides is 2. The molecule has 2 fully saturated rings. The molecule has 3 atom stereocenters. The Hall–Kier alpha value is -3.64. The van der Waals surface area contributed by atoms with Gasteiger partial charge in [-0.3, -0.25) is 9.59 Å². The molecule has 3 unspecified atom stereocenters. The highest BCUT2D eigenvalue weighted by Crippen LogP contribution is 2.51. The van der Waals surface area contributed by atoms with E-state index in [9.17, 15) is 9.59 Å². The highest BCUT2D eigenvalue weighted by Gasteiger charge is 2.56. The van der Waals surface area contributed by atoms with Gasteiger partial charge >= 0.3 is 0 Å². The maximum absolute atomic E-state index is 13.6. The number of benzene rings is 3. The van der Waals surface area contributed by atoms with E-state index in [0.717, 1.165) is 74.2 Å². The number of carbonyl (C=O) groups is 2. The number of unbranched alkanes of at least 4 members (excludes halogenated alkanes) is 1. The molecule has 5 rings (SSSR count). The number of hydrogen-bond donors (Lipinski definition) is 3. The van der Waals surface area contributed by atoms with Crippen LogP contribution in [0.25, 0.3) is 11.1 Å². The van der Waals surface area contributed by atoms with Crippen LogP contribution in [0.5, 0.6) is 5.75 Å². The van der Waals surface area contributed by atoms with Gasteiger partial charge in [-0.1, -0.05) is 55.8 Å². The van der Waals surface area contributed by atoms with E-state index in [0.29, 0.717) is 18.0 Å². The number of nitrogens with one attached hydrogen (secondary N) is 2. The Bertz CT molecular complexity index is 1240. The summed E-state index contributed by atoms with van der Waals surface area (Å²) in [5.41, 5.74) is 3.04. The lowest BCUT2D eigenvalue weighted by Crippen LogP contribution is -2.80. The van der Waals surface area contributed by atoms with Crippen molar-refractivity contribution in [2.24, 2.45) is 11.8 Å². The van der Waals surface area contributed by atoms with Gasteiger partial charge in [0.2, 0.25) is 5.91 Å². The summed E-state index contributed by atoms with van der Waals surface area (Å²) in [6.07, 6.45) is 6.04. The van der Waals surface area contributed by atoms with Gasteiger partial charge < -0.3 is 20.7 Å². The van der Waals surface area contributed by atoms with Gasteiger partial charge in [-0.05, 0) is 79.3 Å². The third kappa shape index (κ3) is 6.34. The lowest BCUT2D eigenvalue weighted by Gasteiger charge is -2.37. The fourth-order valence-corrected chi connectivity index (χ4v) is 6.15. The first-order chi connectivity index (χ1) is 19.1. The molecule has 4 N–H and O–H groups in total. The number of fused-ring (bicyclic) bond motifs is 2. The lowest BCUT2D eigenvalue weighted by atomic mass is 9.79. The molecule has 2 saturated carbocycles. The average Bonchev–Trinajstić information content (AvgIpc) is 3.59. The second-order valence-electron chi connectivity index (χ2n) is 11.0. The van der Waals surface area contributed by atoms with Crippen LogP contribution in [0, 0.1) is 11.8 Å². The van der Waals surface area contributed by atoms with Crippen LogP contribution in [0.4, 0.5) is 5.69 Å². The molecule has 39 heavy (non-hydrogen) atoms. The Morgan fingerprint density at radius 1 is 0.949 bits per heavy atom. The Morgan fingerprint density at radius 3 is 2.36 bits per heavy atom. The van der Waals surface area contributed by atoms with Gasteiger partial charge in [-0.15, -0.1) is 0 Å². The van der Waals surface area contributed by atoms with Crippen molar-refractivity contribution in [3.8, 4) is 16.9 Å². The van der Waals surface area contributed by atoms with Crippen molar-refractivity contribution in [3.05, 3.63) is 84.4 Å². The Morgan fingerprint density at radius 2 is 1.69 bits per heavy atom. The maximum Gasteiger partial charge on any atom is 0.252 e. The molecule has 0 aromatic heterocycles. The monoisotopic (exact) mass is 526 g/mol. The molecule has 2 aliphatic rings. The summed E-state index contributed by atoms with van der Waals surface area (Å²) in [5, 5.41) is 8.48. The van der Waals surface area contributed by atoms with Crippen molar-refractivity contribution >= 4 is 17.5 Å². The van der Waals surface area contributed by atoms with Crippen LogP contribution >= 0.6 is 0 Å². The quantitative estimate of drug-likeness (QED) is 0.233. The van der Waals surface area contributed by atoms with E-state index in [-0.39, 0.29) is 17.7 Å². The number of nitrogens with two attached hydrogens (primary N) is 1. The highest BCUT2D eigenvalue weighted by atomic mass is 16.5. The Kier molecular flexibility index (Phi) is 8.62. The standard InChI is InChI=1S/C33H39N3O3/c1-2-3-21-39-30-17-15-29(16-18-30)34-19-20-35-32(38)33(23-24-9-14-28(33)22-24)36-31(37)27-12-10-26(11-13-27)25-7-5-4-6-8-25/h4-8,10-13,15-18,24,28,34H,2-3,9,14,19-23H2,1H3,(H,35,38)(H,36,37)/p+1. The van der Waals surface area contributed by atoms with Crippen LogP contribution in [-0.2, 0) is 4.79 Å². The Balaban J connectivity index is 1.17. The molecule has 0 aliphatic heterocycles. The maximum atomic E-state index is 13.6. The molecule has 2 amide bonds. The second-order valence-corrected chi connectivity index (χ2v) is 11.0. The summed E-state index contributed by atoms with van der Waals surface area (Å²) < 4.78 is 5.73. The van der Waals surface area contributed by atoms with E-state index in [4.69, 9.17) is 4.74 Å². The number of rotatable bonds is 12. The van der Waals surface area contributed by atoms with Gasteiger partial charge in [0.25, 0.3) is 5.91 Å². The summed E-state index contributed by atoms with van der Waals surface area (Å²) >= 11 is 0. The number of carbonyl (C=O) groups excluding carboxylic acids is 2. The van der Waals surface area contributed by atoms with Crippen LogP contribution < -0.4 is 20.7 Å². The summed E-state index contributed by atoms with van der Waals surface area (Å²) in [6, 6.07) is 25.8. The first-order valence-electron chi connectivity index (χ1n) is 14.4. The first-order valence-corrected chi connectivity index (χ1v) is 14.4. The van der Waals surface area contributed by atoms with Gasteiger partial charge in [0.05, 0.1) is 19.7 Å². The van der Waals surface area contributed by atoms with Crippen molar-refractivity contribution in [1.82, 2.24) is 10.6 Å². The molecule has 6 nitrogen and oxygen atoms in total. The zero-order valence-corrected chi connectivity index (χ0v) is 22.8. The summed E-state index contributed by atoms with van der Waals surface area (Å²) in [7, 11) is 0. The van der Waals surface area contributed by atoms with Crippen LogP contribution in [0.2, 0.25) is 0 Å². The molecule has 0 spiro atoms. The van der Waals surface area contributed by atoms with E-state index in [1.165, 1.54) is 0 Å². The SMILES string of the molecule is CCCCOc1ccc([NH2+]CCNC(=O)C2(NC(=O)c3ccc(-c4ccccc4)cc3)CC3CCC2C3)cc1. The van der Waals surface area contributed by atoms with Gasteiger partial charge in [-0.25, -0.2) is 0 Å². The molecule has 0 heterocycles. The third-order valence-corrected chi connectivity index (χ3v) is 8.30. The first kappa shape index (κ1) is 26.9. The normalized spacial score (nSPS) is 21.5. The molecule has 3 aromatic rings. The van der Waals surface area contributed by atoms with Gasteiger partial charge in [-0.2, -0.15) is 0 Å². The van der Waals surface area contributed by atoms with Crippen LogP contribution in [0.15, 0.2) is 78.9 Å². The molecule has 204 valence electrons. The molecule has 6 heteroatoms. The smallest absolute Gasteiger partial charge is 0.252 e. The molecule has 0 radical (unpaired) electrons. The summed E-state index contributed by atoms with van der Waals surface area (Å²) in [5.74, 6) is 1.37. The molecule has 2 aliphatic carbocycles. The van der Waals surface area contributed by atoms with Crippen LogP contribution in [0.1, 0.15) is 55.8 Å². The van der Waals surface area contributed by atoms with Crippen molar-refractivity contribution in [2.75, 3.05) is 19.7 Å². The molecule has 2 bridgehead atoms. The van der Waals surface area contributed by atoms with E-state index < -0.39 is 5.54 Å².